The minimum absolute atomic E-state index is 0.0530. The van der Waals surface area contributed by atoms with E-state index in [0.29, 0.717) is 13.0 Å². The Hall–Kier alpha value is -1.03. The van der Waals surface area contributed by atoms with Crippen molar-refractivity contribution in [2.45, 2.75) is 13.3 Å². The summed E-state index contributed by atoms with van der Waals surface area (Å²) in [6.45, 7) is 2.69. The van der Waals surface area contributed by atoms with Crippen molar-refractivity contribution < 1.29 is 4.79 Å². The first-order valence-electron chi connectivity index (χ1n) is 4.84. The monoisotopic (exact) mass is 270 g/mol. The molecule has 1 rings (SSSR count). The van der Waals surface area contributed by atoms with Crippen LogP contribution in [0.5, 0.6) is 0 Å². The SMILES string of the molecule is CNC(=O)CCNc1ccc(Br)cc1C. The first-order chi connectivity index (χ1) is 7.13. The zero-order valence-electron chi connectivity index (χ0n) is 8.93. The second kappa shape index (κ2) is 5.75. The molecule has 0 aromatic heterocycles. The molecule has 0 spiro atoms. The van der Waals surface area contributed by atoms with E-state index >= 15 is 0 Å². The Bertz CT molecular complexity index is 352. The standard InChI is InChI=1S/C11H15BrN2O/c1-8-7-9(12)3-4-10(8)14-6-5-11(15)13-2/h3-4,7,14H,5-6H2,1-2H3,(H,13,15). The zero-order chi connectivity index (χ0) is 11.3. The second-order valence-electron chi connectivity index (χ2n) is 3.31. The number of aryl methyl sites for hydroxylation is 1. The van der Waals surface area contributed by atoms with E-state index in [0.717, 1.165) is 10.2 Å². The van der Waals surface area contributed by atoms with E-state index in [1.165, 1.54) is 5.56 Å². The average Bonchev–Trinajstić information content (AvgIpc) is 2.21. The van der Waals surface area contributed by atoms with E-state index in [2.05, 4.69) is 26.6 Å². The van der Waals surface area contributed by atoms with Crippen LogP contribution in [0.3, 0.4) is 0 Å². The molecule has 1 amide bonds. The van der Waals surface area contributed by atoms with Crippen molar-refractivity contribution >= 4 is 27.5 Å². The van der Waals surface area contributed by atoms with Gasteiger partial charge in [-0.15, -0.1) is 0 Å². The Morgan fingerprint density at radius 3 is 2.80 bits per heavy atom. The Labute approximate surface area is 98.4 Å². The molecule has 0 aliphatic carbocycles. The van der Waals surface area contributed by atoms with E-state index in [9.17, 15) is 4.79 Å². The summed E-state index contributed by atoms with van der Waals surface area (Å²) >= 11 is 3.41. The fraction of sp³-hybridized carbons (Fsp3) is 0.364. The van der Waals surface area contributed by atoms with Gasteiger partial charge in [0.2, 0.25) is 5.91 Å². The Balaban J connectivity index is 2.47. The molecule has 0 saturated carbocycles. The lowest BCUT2D eigenvalue weighted by Gasteiger charge is -2.09. The fourth-order valence-corrected chi connectivity index (χ4v) is 1.74. The highest BCUT2D eigenvalue weighted by Crippen LogP contribution is 2.19. The number of hydrogen-bond acceptors (Lipinski definition) is 2. The van der Waals surface area contributed by atoms with Gasteiger partial charge in [-0.2, -0.15) is 0 Å². The lowest BCUT2D eigenvalue weighted by molar-refractivity contribution is -0.120. The van der Waals surface area contributed by atoms with Crippen LogP contribution in [0.2, 0.25) is 0 Å². The van der Waals surface area contributed by atoms with E-state index < -0.39 is 0 Å². The number of amides is 1. The normalized spacial score (nSPS) is 9.80. The van der Waals surface area contributed by atoms with Gasteiger partial charge in [0.05, 0.1) is 0 Å². The van der Waals surface area contributed by atoms with Gasteiger partial charge in [-0.25, -0.2) is 0 Å². The highest BCUT2D eigenvalue weighted by atomic mass is 79.9. The summed E-state index contributed by atoms with van der Waals surface area (Å²) in [4.78, 5) is 11.0. The number of rotatable bonds is 4. The van der Waals surface area contributed by atoms with Crippen LogP contribution in [0, 0.1) is 6.92 Å². The number of hydrogen-bond donors (Lipinski definition) is 2. The van der Waals surface area contributed by atoms with Gasteiger partial charge >= 0.3 is 0 Å². The molecule has 0 unspecified atom stereocenters. The molecule has 1 aromatic carbocycles. The number of halogens is 1. The number of carbonyl (C=O) groups excluding carboxylic acids is 1. The van der Waals surface area contributed by atoms with Crippen molar-refractivity contribution in [2.24, 2.45) is 0 Å². The van der Waals surface area contributed by atoms with Gasteiger partial charge in [0.15, 0.2) is 0 Å². The van der Waals surface area contributed by atoms with Crippen LogP contribution in [0.4, 0.5) is 5.69 Å². The molecule has 4 heteroatoms. The number of benzene rings is 1. The molecule has 3 nitrogen and oxygen atoms in total. The van der Waals surface area contributed by atoms with Crippen molar-refractivity contribution in [2.75, 3.05) is 18.9 Å². The van der Waals surface area contributed by atoms with Crippen LogP contribution in [-0.4, -0.2) is 19.5 Å². The minimum Gasteiger partial charge on any atom is -0.384 e. The van der Waals surface area contributed by atoms with E-state index in [4.69, 9.17) is 0 Å². The van der Waals surface area contributed by atoms with Gasteiger partial charge < -0.3 is 10.6 Å². The summed E-state index contributed by atoms with van der Waals surface area (Å²) in [7, 11) is 1.65. The molecule has 0 aliphatic rings. The number of nitrogens with one attached hydrogen (secondary N) is 2. The molecule has 0 radical (unpaired) electrons. The first kappa shape index (κ1) is 12.0. The lowest BCUT2D eigenvalue weighted by atomic mass is 10.2. The van der Waals surface area contributed by atoms with Crippen molar-refractivity contribution in [3.63, 3.8) is 0 Å². The molecule has 1 aromatic rings. The minimum atomic E-state index is 0.0530. The summed E-state index contributed by atoms with van der Waals surface area (Å²) in [5.41, 5.74) is 2.24. The van der Waals surface area contributed by atoms with Gasteiger partial charge in [-0.1, -0.05) is 15.9 Å². The van der Waals surface area contributed by atoms with E-state index in [-0.39, 0.29) is 5.91 Å². The van der Waals surface area contributed by atoms with Crippen LogP contribution in [0.1, 0.15) is 12.0 Å². The summed E-state index contributed by atoms with van der Waals surface area (Å²) in [6, 6.07) is 6.03. The number of anilines is 1. The lowest BCUT2D eigenvalue weighted by Crippen LogP contribution is -2.20. The Morgan fingerprint density at radius 1 is 1.47 bits per heavy atom. The third-order valence-corrected chi connectivity index (χ3v) is 2.63. The third-order valence-electron chi connectivity index (χ3n) is 2.13. The molecule has 0 aliphatic heterocycles. The maximum Gasteiger partial charge on any atom is 0.221 e. The van der Waals surface area contributed by atoms with Gasteiger partial charge in [-0.05, 0) is 30.7 Å². The molecule has 0 heterocycles. The van der Waals surface area contributed by atoms with E-state index in [1.807, 2.05) is 25.1 Å². The van der Waals surface area contributed by atoms with Crippen molar-refractivity contribution in [1.82, 2.24) is 5.32 Å². The summed E-state index contributed by atoms with van der Waals surface area (Å²) < 4.78 is 1.07. The maximum atomic E-state index is 11.0. The summed E-state index contributed by atoms with van der Waals surface area (Å²) in [6.07, 6.45) is 0.492. The van der Waals surface area contributed by atoms with Crippen molar-refractivity contribution in [3.8, 4) is 0 Å². The smallest absolute Gasteiger partial charge is 0.221 e. The summed E-state index contributed by atoms with van der Waals surface area (Å²) in [5, 5.41) is 5.81. The molecule has 82 valence electrons. The third kappa shape index (κ3) is 3.91. The zero-order valence-corrected chi connectivity index (χ0v) is 10.5. The first-order valence-corrected chi connectivity index (χ1v) is 5.63. The average molecular weight is 271 g/mol. The molecule has 0 bridgehead atoms. The largest absolute Gasteiger partial charge is 0.384 e. The van der Waals surface area contributed by atoms with Crippen LogP contribution < -0.4 is 10.6 Å². The maximum absolute atomic E-state index is 11.0. The van der Waals surface area contributed by atoms with Crippen LogP contribution in [0.25, 0.3) is 0 Å². The number of carbonyl (C=O) groups is 1. The summed E-state index contributed by atoms with van der Waals surface area (Å²) in [5.74, 6) is 0.0530. The molecule has 0 fully saturated rings. The molecule has 0 atom stereocenters. The molecule has 0 saturated heterocycles. The van der Waals surface area contributed by atoms with Crippen LogP contribution >= 0.6 is 15.9 Å². The fourth-order valence-electron chi connectivity index (χ4n) is 1.26. The molecular formula is C11H15BrN2O. The highest BCUT2D eigenvalue weighted by molar-refractivity contribution is 9.10. The van der Waals surface area contributed by atoms with Gasteiger partial charge in [0, 0.05) is 30.2 Å². The molecule has 15 heavy (non-hydrogen) atoms. The predicted molar refractivity (Wildman–Crippen MR) is 66.1 cm³/mol. The van der Waals surface area contributed by atoms with Gasteiger partial charge in [0.1, 0.15) is 0 Å². The van der Waals surface area contributed by atoms with Crippen molar-refractivity contribution in [3.05, 3.63) is 28.2 Å². The highest BCUT2D eigenvalue weighted by Gasteiger charge is 2.00. The topological polar surface area (TPSA) is 41.1 Å². The predicted octanol–water partition coefficient (Wildman–Crippen LogP) is 2.31. The van der Waals surface area contributed by atoms with Crippen molar-refractivity contribution in [1.29, 1.82) is 0 Å². The van der Waals surface area contributed by atoms with Gasteiger partial charge in [0.25, 0.3) is 0 Å². The van der Waals surface area contributed by atoms with Crippen LogP contribution in [-0.2, 0) is 4.79 Å². The second-order valence-corrected chi connectivity index (χ2v) is 4.22. The Morgan fingerprint density at radius 2 is 2.20 bits per heavy atom. The Kier molecular flexibility index (Phi) is 4.62. The molecular weight excluding hydrogens is 256 g/mol. The van der Waals surface area contributed by atoms with E-state index in [1.54, 1.807) is 7.05 Å². The molecule has 2 N–H and O–H groups in total. The quantitative estimate of drug-likeness (QED) is 0.882. The van der Waals surface area contributed by atoms with Crippen LogP contribution in [0.15, 0.2) is 22.7 Å². The van der Waals surface area contributed by atoms with Gasteiger partial charge in [-0.3, -0.25) is 4.79 Å².